The van der Waals surface area contributed by atoms with E-state index in [4.69, 9.17) is 10.00 Å². The third kappa shape index (κ3) is 5.80. The lowest BCUT2D eigenvalue weighted by Gasteiger charge is -2.12. The number of benzene rings is 2. The minimum absolute atomic E-state index is 0.0352. The van der Waals surface area contributed by atoms with Crippen molar-refractivity contribution in [1.29, 1.82) is 5.26 Å². The Morgan fingerprint density at radius 2 is 1.69 bits per heavy atom. The molecule has 2 N–H and O–H groups in total. The van der Waals surface area contributed by atoms with Crippen molar-refractivity contribution in [2.75, 3.05) is 18.1 Å². The highest BCUT2D eigenvalue weighted by atomic mass is 32.2. The molecule has 2 aromatic rings. The van der Waals surface area contributed by atoms with Crippen molar-refractivity contribution < 1.29 is 22.7 Å². The zero-order chi connectivity index (χ0) is 20.9. The number of amides is 3. The van der Waals surface area contributed by atoms with Gasteiger partial charge in [0, 0.05) is 6.04 Å². The van der Waals surface area contributed by atoms with Crippen LogP contribution in [0.3, 0.4) is 0 Å². The molecule has 3 rings (SSSR count). The Labute approximate surface area is 168 Å². The van der Waals surface area contributed by atoms with Crippen molar-refractivity contribution in [3.8, 4) is 22.9 Å². The Kier molecular flexibility index (Phi) is 6.14. The third-order valence-electron chi connectivity index (χ3n) is 4.39. The number of sulfone groups is 1. The molecule has 0 spiro atoms. The Morgan fingerprint density at radius 1 is 1.07 bits per heavy atom. The lowest BCUT2D eigenvalue weighted by atomic mass is 10.0. The van der Waals surface area contributed by atoms with Gasteiger partial charge in [-0.05, 0) is 41.8 Å². The second-order valence-corrected chi connectivity index (χ2v) is 8.85. The molecule has 1 atom stereocenters. The van der Waals surface area contributed by atoms with Crippen LogP contribution in [0, 0.1) is 11.3 Å². The molecule has 0 aromatic heterocycles. The lowest BCUT2D eigenvalue weighted by molar-refractivity contribution is -0.122. The van der Waals surface area contributed by atoms with E-state index < -0.39 is 27.8 Å². The number of nitriles is 1. The fourth-order valence-corrected chi connectivity index (χ4v) is 4.60. The van der Waals surface area contributed by atoms with Crippen LogP contribution in [-0.2, 0) is 14.6 Å². The summed E-state index contributed by atoms with van der Waals surface area (Å²) in [6.45, 7) is -0.355. The maximum absolute atomic E-state index is 11.8. The normalized spacial score (nSPS) is 17.1. The van der Waals surface area contributed by atoms with E-state index in [0.717, 1.165) is 11.1 Å². The molecule has 0 bridgehead atoms. The van der Waals surface area contributed by atoms with Crippen molar-refractivity contribution in [2.45, 2.75) is 12.5 Å². The smallest absolute Gasteiger partial charge is 0.321 e. The highest BCUT2D eigenvalue weighted by Gasteiger charge is 2.29. The van der Waals surface area contributed by atoms with Gasteiger partial charge in [0.2, 0.25) is 0 Å². The number of nitrogens with zero attached hydrogens (tertiary/aromatic N) is 1. The summed E-state index contributed by atoms with van der Waals surface area (Å²) in [6, 6.07) is 15.0. The summed E-state index contributed by atoms with van der Waals surface area (Å²) < 4.78 is 28.1. The van der Waals surface area contributed by atoms with Gasteiger partial charge in [-0.25, -0.2) is 13.2 Å². The standard InChI is InChI=1S/C20H19N3O5S/c21-11-14-1-3-15(4-2-14)16-5-7-18(8-6-16)28-12-19(24)23-20(25)22-17-9-10-29(26,27)13-17/h1-8,17H,9-10,12-13H2,(H2,22,23,24,25). The van der Waals surface area contributed by atoms with Crippen molar-refractivity contribution in [2.24, 2.45) is 0 Å². The predicted octanol–water partition coefficient (Wildman–Crippen LogP) is 1.62. The molecule has 1 saturated heterocycles. The number of carbonyl (C=O) groups excluding carboxylic acids is 2. The van der Waals surface area contributed by atoms with Gasteiger partial charge in [0.15, 0.2) is 16.4 Å². The lowest BCUT2D eigenvalue weighted by Crippen LogP contribution is -2.46. The molecule has 8 nitrogen and oxygen atoms in total. The summed E-state index contributed by atoms with van der Waals surface area (Å²) in [5, 5.41) is 13.4. The van der Waals surface area contributed by atoms with E-state index in [9.17, 15) is 18.0 Å². The summed E-state index contributed by atoms with van der Waals surface area (Å²) in [7, 11) is -3.11. The van der Waals surface area contributed by atoms with Crippen molar-refractivity contribution in [3.05, 3.63) is 54.1 Å². The monoisotopic (exact) mass is 413 g/mol. The number of urea groups is 1. The molecule has 2 aromatic carbocycles. The van der Waals surface area contributed by atoms with Crippen LogP contribution >= 0.6 is 0 Å². The van der Waals surface area contributed by atoms with Crippen LogP contribution in [0.15, 0.2) is 48.5 Å². The van der Waals surface area contributed by atoms with Gasteiger partial charge < -0.3 is 10.1 Å². The number of carbonyl (C=O) groups is 2. The van der Waals surface area contributed by atoms with E-state index >= 15 is 0 Å². The fourth-order valence-electron chi connectivity index (χ4n) is 2.92. The summed E-state index contributed by atoms with van der Waals surface area (Å²) in [6.07, 6.45) is 0.339. The summed E-state index contributed by atoms with van der Waals surface area (Å²) >= 11 is 0. The molecule has 3 amide bonds. The average Bonchev–Trinajstić information content (AvgIpc) is 3.05. The molecule has 1 aliphatic heterocycles. The van der Waals surface area contributed by atoms with Crippen molar-refractivity contribution in [1.82, 2.24) is 10.6 Å². The summed E-state index contributed by atoms with van der Waals surface area (Å²) in [5.41, 5.74) is 2.45. The van der Waals surface area contributed by atoms with E-state index in [1.165, 1.54) is 0 Å². The van der Waals surface area contributed by atoms with Gasteiger partial charge in [-0.15, -0.1) is 0 Å². The molecule has 1 aliphatic rings. The van der Waals surface area contributed by atoms with E-state index in [2.05, 4.69) is 16.7 Å². The zero-order valence-corrected chi connectivity index (χ0v) is 16.2. The number of ether oxygens (including phenoxy) is 1. The minimum atomic E-state index is -3.11. The van der Waals surface area contributed by atoms with Crippen molar-refractivity contribution >= 4 is 21.8 Å². The van der Waals surface area contributed by atoms with Gasteiger partial charge >= 0.3 is 6.03 Å². The Hall–Kier alpha value is -3.38. The largest absolute Gasteiger partial charge is 0.484 e. The Morgan fingerprint density at radius 3 is 2.24 bits per heavy atom. The number of imide groups is 1. The fraction of sp³-hybridized carbons (Fsp3) is 0.250. The molecule has 150 valence electrons. The van der Waals surface area contributed by atoms with Crippen LogP contribution in [0.1, 0.15) is 12.0 Å². The molecular weight excluding hydrogens is 394 g/mol. The Balaban J connectivity index is 1.46. The maximum atomic E-state index is 11.8. The van der Waals surface area contributed by atoms with Gasteiger partial charge in [-0.2, -0.15) is 5.26 Å². The zero-order valence-electron chi connectivity index (χ0n) is 15.4. The molecule has 9 heteroatoms. The van der Waals surface area contributed by atoms with E-state index in [0.29, 0.717) is 17.7 Å². The van der Waals surface area contributed by atoms with Crippen LogP contribution in [0.5, 0.6) is 5.75 Å². The quantitative estimate of drug-likeness (QED) is 0.767. The molecule has 29 heavy (non-hydrogen) atoms. The molecule has 1 heterocycles. The third-order valence-corrected chi connectivity index (χ3v) is 6.16. The van der Waals surface area contributed by atoms with Crippen LogP contribution < -0.4 is 15.4 Å². The topological polar surface area (TPSA) is 125 Å². The first kappa shape index (κ1) is 20.4. The van der Waals surface area contributed by atoms with Crippen LogP contribution in [0.4, 0.5) is 4.79 Å². The van der Waals surface area contributed by atoms with E-state index in [-0.39, 0.29) is 18.1 Å². The Bertz CT molecular complexity index is 1040. The summed E-state index contributed by atoms with van der Waals surface area (Å²) in [4.78, 5) is 23.6. The molecule has 0 saturated carbocycles. The highest BCUT2D eigenvalue weighted by Crippen LogP contribution is 2.22. The summed E-state index contributed by atoms with van der Waals surface area (Å²) in [5.74, 6) is -0.260. The van der Waals surface area contributed by atoms with Gasteiger partial charge in [-0.1, -0.05) is 24.3 Å². The van der Waals surface area contributed by atoms with Crippen LogP contribution in [0.25, 0.3) is 11.1 Å². The number of rotatable bonds is 5. The predicted molar refractivity (Wildman–Crippen MR) is 106 cm³/mol. The first-order chi connectivity index (χ1) is 13.8. The van der Waals surface area contributed by atoms with Gasteiger partial charge in [0.25, 0.3) is 5.91 Å². The first-order valence-corrected chi connectivity index (χ1v) is 10.7. The van der Waals surface area contributed by atoms with Crippen LogP contribution in [-0.4, -0.2) is 44.5 Å². The van der Waals surface area contributed by atoms with Gasteiger partial charge in [-0.3, -0.25) is 10.1 Å². The molecule has 1 fully saturated rings. The highest BCUT2D eigenvalue weighted by molar-refractivity contribution is 7.91. The van der Waals surface area contributed by atoms with E-state index in [1.54, 1.807) is 24.3 Å². The number of nitrogens with one attached hydrogen (secondary N) is 2. The molecule has 0 aliphatic carbocycles. The second kappa shape index (κ2) is 8.75. The van der Waals surface area contributed by atoms with Crippen LogP contribution in [0.2, 0.25) is 0 Å². The first-order valence-electron chi connectivity index (χ1n) is 8.89. The second-order valence-electron chi connectivity index (χ2n) is 6.62. The molecular formula is C20H19N3O5S. The number of hydrogen-bond acceptors (Lipinski definition) is 6. The van der Waals surface area contributed by atoms with E-state index in [1.807, 2.05) is 24.3 Å². The molecule has 0 radical (unpaired) electrons. The average molecular weight is 413 g/mol. The van der Waals surface area contributed by atoms with Crippen molar-refractivity contribution in [3.63, 3.8) is 0 Å². The van der Waals surface area contributed by atoms with Gasteiger partial charge in [0.1, 0.15) is 5.75 Å². The minimum Gasteiger partial charge on any atom is -0.484 e. The van der Waals surface area contributed by atoms with Gasteiger partial charge in [0.05, 0.1) is 23.1 Å². The number of hydrogen-bond donors (Lipinski definition) is 2. The molecule has 1 unspecified atom stereocenters. The SMILES string of the molecule is N#Cc1ccc(-c2ccc(OCC(=O)NC(=O)NC3CCS(=O)(=O)C3)cc2)cc1. The maximum Gasteiger partial charge on any atom is 0.321 e.